The van der Waals surface area contributed by atoms with Gasteiger partial charge in [0.05, 0.1) is 11.0 Å². The zero-order chi connectivity index (χ0) is 45.2. The van der Waals surface area contributed by atoms with Crippen LogP contribution >= 0.6 is 11.3 Å². The fourth-order valence-corrected chi connectivity index (χ4v) is 12.0. The molecule has 15 rings (SSSR count). The van der Waals surface area contributed by atoms with Crippen molar-refractivity contribution >= 4 is 108 Å². The molecule has 0 atom stereocenters. The molecule has 4 heterocycles. The average molecular weight is 897 g/mol. The number of rotatable bonds is 5. The lowest BCUT2D eigenvalue weighted by Gasteiger charge is -2.18. The summed E-state index contributed by atoms with van der Waals surface area (Å²) < 4.78 is 11.1. The second-order valence-corrected chi connectivity index (χ2v) is 19.0. The Morgan fingerprint density at radius 3 is 1.71 bits per heavy atom. The van der Waals surface area contributed by atoms with E-state index in [4.69, 9.17) is 19.4 Å². The van der Waals surface area contributed by atoms with Gasteiger partial charge < -0.3 is 8.98 Å². The molecular formula is C63H36N4OS. The van der Waals surface area contributed by atoms with E-state index in [1.165, 1.54) is 47.1 Å². The maximum Gasteiger partial charge on any atom is 0.164 e. The zero-order valence-electron chi connectivity index (χ0n) is 36.9. The Kier molecular flexibility index (Phi) is 8.17. The van der Waals surface area contributed by atoms with Crippen LogP contribution in [0.5, 0.6) is 0 Å². The molecule has 15 aromatic rings. The molecule has 5 nitrogen and oxygen atoms in total. The molecule has 11 aromatic carbocycles. The molecule has 0 saturated heterocycles. The smallest absolute Gasteiger partial charge is 0.164 e. The first kappa shape index (κ1) is 38.2. The summed E-state index contributed by atoms with van der Waals surface area (Å²) in [6, 6.07) is 78.2. The minimum absolute atomic E-state index is 0.618. The van der Waals surface area contributed by atoms with Crippen molar-refractivity contribution in [3.8, 4) is 51.0 Å². The van der Waals surface area contributed by atoms with Crippen molar-refractivity contribution in [1.29, 1.82) is 0 Å². The van der Waals surface area contributed by atoms with Crippen LogP contribution in [0.15, 0.2) is 223 Å². The van der Waals surface area contributed by atoms with E-state index < -0.39 is 0 Å². The zero-order valence-corrected chi connectivity index (χ0v) is 37.7. The maximum absolute atomic E-state index is 6.21. The van der Waals surface area contributed by atoms with Crippen molar-refractivity contribution in [3.63, 3.8) is 0 Å². The van der Waals surface area contributed by atoms with E-state index in [-0.39, 0.29) is 0 Å². The molecule has 0 aliphatic rings. The van der Waals surface area contributed by atoms with Crippen LogP contribution in [-0.4, -0.2) is 19.5 Å². The van der Waals surface area contributed by atoms with Gasteiger partial charge in [0.2, 0.25) is 0 Å². The third-order valence-electron chi connectivity index (χ3n) is 14.0. The normalized spacial score (nSPS) is 12.1. The largest absolute Gasteiger partial charge is 0.456 e. The summed E-state index contributed by atoms with van der Waals surface area (Å²) in [5.74, 6) is 1.88. The SMILES string of the molecule is c1ccc(-c2nc(-c3ccc4c(c3)sc3ccccc34)nc(-c3cc(-n4c5ccccc5c5cc(-c6ccc7oc8ccccc8c7c6)ccc54)cc4c5ccccc5c5ccccc5c34)n2)cc1. The summed E-state index contributed by atoms with van der Waals surface area (Å²) in [5.41, 5.74) is 10.2. The Morgan fingerprint density at radius 1 is 0.319 bits per heavy atom. The highest BCUT2D eigenvalue weighted by molar-refractivity contribution is 7.25. The fraction of sp³-hybridized carbons (Fsp3) is 0. The summed E-state index contributed by atoms with van der Waals surface area (Å²) in [5, 5.41) is 14.1. The van der Waals surface area contributed by atoms with E-state index in [2.05, 4.69) is 193 Å². The third kappa shape index (κ3) is 5.86. The molecule has 0 bridgehead atoms. The van der Waals surface area contributed by atoms with Gasteiger partial charge in [-0.3, -0.25) is 0 Å². The highest BCUT2D eigenvalue weighted by Gasteiger charge is 2.22. The molecule has 0 spiro atoms. The van der Waals surface area contributed by atoms with Crippen LogP contribution in [0.1, 0.15) is 0 Å². The second kappa shape index (κ2) is 14.8. The van der Waals surface area contributed by atoms with Gasteiger partial charge in [0, 0.05) is 69.5 Å². The molecule has 320 valence electrons. The lowest BCUT2D eigenvalue weighted by atomic mass is 9.91. The van der Waals surface area contributed by atoms with Crippen molar-refractivity contribution in [3.05, 3.63) is 218 Å². The van der Waals surface area contributed by atoms with Gasteiger partial charge in [-0.15, -0.1) is 11.3 Å². The monoisotopic (exact) mass is 896 g/mol. The van der Waals surface area contributed by atoms with Crippen molar-refractivity contribution in [2.45, 2.75) is 0 Å². The van der Waals surface area contributed by atoms with Crippen molar-refractivity contribution in [2.24, 2.45) is 0 Å². The van der Waals surface area contributed by atoms with E-state index in [1.807, 2.05) is 30.3 Å². The standard InChI is InChI=1S/C63H36N4OS/c1-2-14-37(15-3-1)61-64-62(40-26-29-48-47-21-10-13-25-58(47)69-59(48)34-40)66-63(65-61)53-36-41(35-52-44-18-5-4-16-42(44)43-17-6-7-22-49(43)60(52)53)67-54-23-11-8-19-45(54)50-32-38(27-30-55(50)67)39-28-31-57-51(33-39)46-20-9-12-24-56(46)68-57/h1-36H. The first-order valence-corrected chi connectivity index (χ1v) is 24.1. The summed E-state index contributed by atoms with van der Waals surface area (Å²) in [7, 11) is 0. The highest BCUT2D eigenvalue weighted by Crippen LogP contribution is 2.44. The van der Waals surface area contributed by atoms with Gasteiger partial charge in [-0.05, 0) is 98.7 Å². The minimum Gasteiger partial charge on any atom is -0.456 e. The van der Waals surface area contributed by atoms with Gasteiger partial charge in [-0.2, -0.15) is 0 Å². The van der Waals surface area contributed by atoms with E-state index in [0.29, 0.717) is 17.5 Å². The van der Waals surface area contributed by atoms with Crippen LogP contribution < -0.4 is 0 Å². The Bertz CT molecular complexity index is 4620. The lowest BCUT2D eigenvalue weighted by Crippen LogP contribution is -2.02. The molecule has 0 aliphatic heterocycles. The number of para-hydroxylation sites is 2. The number of furan rings is 1. The summed E-state index contributed by atoms with van der Waals surface area (Å²) >= 11 is 1.80. The van der Waals surface area contributed by atoms with Gasteiger partial charge in [-0.1, -0.05) is 158 Å². The molecule has 0 fully saturated rings. The number of benzene rings is 11. The second-order valence-electron chi connectivity index (χ2n) is 17.9. The van der Waals surface area contributed by atoms with E-state index >= 15 is 0 Å². The van der Waals surface area contributed by atoms with Gasteiger partial charge in [0.1, 0.15) is 11.2 Å². The van der Waals surface area contributed by atoms with E-state index in [1.54, 1.807) is 11.3 Å². The molecule has 0 amide bonds. The van der Waals surface area contributed by atoms with Crippen LogP contribution in [0.25, 0.3) is 147 Å². The Labute approximate surface area is 398 Å². The molecule has 0 saturated carbocycles. The van der Waals surface area contributed by atoms with Crippen LogP contribution in [0, 0.1) is 0 Å². The number of thiophene rings is 1. The number of hydrogen-bond donors (Lipinski definition) is 0. The number of nitrogens with zero attached hydrogens (tertiary/aromatic N) is 4. The highest BCUT2D eigenvalue weighted by atomic mass is 32.1. The molecule has 69 heavy (non-hydrogen) atoms. The Balaban J connectivity index is 1.01. The quantitative estimate of drug-likeness (QED) is 0.162. The molecule has 4 aromatic heterocycles. The summed E-state index contributed by atoms with van der Waals surface area (Å²) in [6.45, 7) is 0. The topological polar surface area (TPSA) is 56.7 Å². The number of hydrogen-bond acceptors (Lipinski definition) is 5. The summed E-state index contributed by atoms with van der Waals surface area (Å²) in [6.07, 6.45) is 0. The Morgan fingerprint density at radius 2 is 0.884 bits per heavy atom. The van der Waals surface area contributed by atoms with Crippen molar-refractivity contribution in [2.75, 3.05) is 0 Å². The van der Waals surface area contributed by atoms with Crippen molar-refractivity contribution in [1.82, 2.24) is 19.5 Å². The maximum atomic E-state index is 6.21. The van der Waals surface area contributed by atoms with Crippen LogP contribution in [-0.2, 0) is 0 Å². The van der Waals surface area contributed by atoms with Crippen LogP contribution in [0.2, 0.25) is 0 Å². The van der Waals surface area contributed by atoms with Gasteiger partial charge in [-0.25, -0.2) is 15.0 Å². The number of fused-ring (bicyclic) bond motifs is 15. The molecule has 6 heteroatoms. The lowest BCUT2D eigenvalue weighted by molar-refractivity contribution is 0.669. The van der Waals surface area contributed by atoms with Gasteiger partial charge in [0.25, 0.3) is 0 Å². The number of aromatic nitrogens is 4. The van der Waals surface area contributed by atoms with Crippen molar-refractivity contribution < 1.29 is 4.42 Å². The first-order valence-electron chi connectivity index (χ1n) is 23.2. The first-order chi connectivity index (χ1) is 34.2. The average Bonchev–Trinajstić information content (AvgIpc) is 4.09. The molecule has 0 aliphatic carbocycles. The van der Waals surface area contributed by atoms with Gasteiger partial charge >= 0.3 is 0 Å². The predicted molar refractivity (Wildman–Crippen MR) is 289 cm³/mol. The fourth-order valence-electron chi connectivity index (χ4n) is 10.9. The van der Waals surface area contributed by atoms with E-state index in [0.717, 1.165) is 82.6 Å². The summed E-state index contributed by atoms with van der Waals surface area (Å²) in [4.78, 5) is 16.2. The third-order valence-corrected chi connectivity index (χ3v) is 15.1. The van der Waals surface area contributed by atoms with Crippen LogP contribution in [0.4, 0.5) is 0 Å². The molecule has 0 unspecified atom stereocenters. The minimum atomic E-state index is 0.618. The Hall–Kier alpha value is -8.97. The van der Waals surface area contributed by atoms with Crippen LogP contribution in [0.3, 0.4) is 0 Å². The molecule has 0 radical (unpaired) electrons. The predicted octanol–water partition coefficient (Wildman–Crippen LogP) is 17.4. The molecule has 0 N–H and O–H groups in total. The molecular weight excluding hydrogens is 861 g/mol. The van der Waals surface area contributed by atoms with E-state index in [9.17, 15) is 0 Å². The van der Waals surface area contributed by atoms with Gasteiger partial charge in [0.15, 0.2) is 17.5 Å².